The van der Waals surface area contributed by atoms with Crippen molar-refractivity contribution in [3.63, 3.8) is 0 Å². The third kappa shape index (κ3) is 3.21. The van der Waals surface area contributed by atoms with Gasteiger partial charge in [0.15, 0.2) is 11.5 Å². The molecule has 1 fully saturated rings. The number of carbonyl (C=O) groups is 1. The van der Waals surface area contributed by atoms with Gasteiger partial charge in [-0.1, -0.05) is 6.92 Å². The highest BCUT2D eigenvalue weighted by molar-refractivity contribution is 7.89. The molecule has 1 amide bonds. The van der Waals surface area contributed by atoms with Crippen LogP contribution in [0.5, 0.6) is 11.5 Å². The lowest BCUT2D eigenvalue weighted by Gasteiger charge is -2.24. The minimum Gasteiger partial charge on any atom is -0.486 e. The van der Waals surface area contributed by atoms with Crippen LogP contribution in [0.1, 0.15) is 26.2 Å². The van der Waals surface area contributed by atoms with Gasteiger partial charge in [0.1, 0.15) is 19.3 Å². The largest absolute Gasteiger partial charge is 0.486 e. The first kappa shape index (κ1) is 17.0. The number of rotatable bonds is 5. The second-order valence-corrected chi connectivity index (χ2v) is 7.76. The average molecular weight is 354 g/mol. The quantitative estimate of drug-likeness (QED) is 0.857. The summed E-state index contributed by atoms with van der Waals surface area (Å²) >= 11 is 0. The molecule has 0 unspecified atom stereocenters. The molecule has 0 radical (unpaired) electrons. The molecule has 3 rings (SSSR count). The fraction of sp³-hybridized carbons (Fsp3) is 0.562. The molecule has 0 spiro atoms. The van der Waals surface area contributed by atoms with Crippen LogP contribution in [0.4, 0.5) is 0 Å². The van der Waals surface area contributed by atoms with Gasteiger partial charge in [-0.3, -0.25) is 4.79 Å². The van der Waals surface area contributed by atoms with Gasteiger partial charge in [-0.15, -0.1) is 0 Å². The van der Waals surface area contributed by atoms with Crippen LogP contribution in [-0.2, 0) is 14.8 Å². The van der Waals surface area contributed by atoms with E-state index in [1.165, 1.54) is 16.4 Å². The molecule has 132 valence electrons. The second kappa shape index (κ2) is 6.98. The third-order valence-electron chi connectivity index (χ3n) is 4.18. The van der Waals surface area contributed by atoms with Gasteiger partial charge in [-0.25, -0.2) is 8.42 Å². The summed E-state index contributed by atoms with van der Waals surface area (Å²) in [6, 6.07) is 3.93. The topological polar surface area (TPSA) is 84.9 Å². The summed E-state index contributed by atoms with van der Waals surface area (Å²) in [6.07, 6.45) is 2.03. The molecule has 0 bridgehead atoms. The summed E-state index contributed by atoms with van der Waals surface area (Å²) in [4.78, 5) is 12.4. The molecular weight excluding hydrogens is 332 g/mol. The van der Waals surface area contributed by atoms with Crippen LogP contribution in [0.15, 0.2) is 23.1 Å². The number of nitrogens with one attached hydrogen (secondary N) is 1. The lowest BCUT2D eigenvalue weighted by molar-refractivity contribution is -0.124. The fourth-order valence-electron chi connectivity index (χ4n) is 2.98. The van der Waals surface area contributed by atoms with Gasteiger partial charge in [-0.05, 0) is 31.4 Å². The van der Waals surface area contributed by atoms with Crippen LogP contribution in [0.25, 0.3) is 0 Å². The number of fused-ring (bicyclic) bond motifs is 1. The molecule has 1 aromatic carbocycles. The monoisotopic (exact) mass is 354 g/mol. The van der Waals surface area contributed by atoms with Crippen molar-refractivity contribution in [1.82, 2.24) is 9.62 Å². The van der Waals surface area contributed by atoms with Gasteiger partial charge in [0, 0.05) is 19.2 Å². The van der Waals surface area contributed by atoms with Gasteiger partial charge in [0.05, 0.1) is 4.90 Å². The van der Waals surface area contributed by atoms with E-state index in [-0.39, 0.29) is 10.8 Å². The van der Waals surface area contributed by atoms with Crippen molar-refractivity contribution in [3.05, 3.63) is 18.2 Å². The third-order valence-corrected chi connectivity index (χ3v) is 6.08. The Balaban J connectivity index is 1.85. The van der Waals surface area contributed by atoms with Crippen LogP contribution in [-0.4, -0.2) is 51.0 Å². The lowest BCUT2D eigenvalue weighted by atomic mass is 10.2. The number of amides is 1. The maximum absolute atomic E-state index is 13.0. The number of benzene rings is 1. The molecule has 2 heterocycles. The van der Waals surface area contributed by atoms with E-state index < -0.39 is 16.1 Å². The number of nitrogens with zero attached hydrogens (tertiary/aromatic N) is 1. The predicted molar refractivity (Wildman–Crippen MR) is 87.6 cm³/mol. The van der Waals surface area contributed by atoms with E-state index in [9.17, 15) is 13.2 Å². The zero-order chi connectivity index (χ0) is 17.2. The summed E-state index contributed by atoms with van der Waals surface area (Å²) in [7, 11) is -3.75. The summed E-state index contributed by atoms with van der Waals surface area (Å²) in [6.45, 7) is 3.69. The Kier molecular flexibility index (Phi) is 4.96. The van der Waals surface area contributed by atoms with Crippen LogP contribution in [0.3, 0.4) is 0 Å². The van der Waals surface area contributed by atoms with E-state index in [0.717, 1.165) is 6.42 Å². The maximum Gasteiger partial charge on any atom is 0.243 e. The zero-order valence-corrected chi connectivity index (χ0v) is 14.5. The summed E-state index contributed by atoms with van der Waals surface area (Å²) in [5, 5.41) is 2.79. The Labute approximate surface area is 142 Å². The van der Waals surface area contributed by atoms with Crippen LogP contribution >= 0.6 is 0 Å². The molecule has 8 heteroatoms. The molecule has 1 N–H and O–H groups in total. The molecule has 7 nitrogen and oxygen atoms in total. The number of sulfonamides is 1. The normalized spacial score (nSPS) is 20.8. The first-order valence-electron chi connectivity index (χ1n) is 8.23. The molecule has 1 saturated heterocycles. The Hall–Kier alpha value is -1.80. The van der Waals surface area contributed by atoms with Crippen molar-refractivity contribution in [3.8, 4) is 11.5 Å². The molecule has 2 aliphatic rings. The Morgan fingerprint density at radius 2 is 2.04 bits per heavy atom. The lowest BCUT2D eigenvalue weighted by Crippen LogP contribution is -2.46. The molecule has 1 atom stereocenters. The van der Waals surface area contributed by atoms with Crippen LogP contribution in [0, 0.1) is 0 Å². The SMILES string of the molecule is CCCNC(=O)[C@H]1CCCN1S(=O)(=O)c1ccc2c(c1)OCCO2. The highest BCUT2D eigenvalue weighted by Gasteiger charge is 2.39. The van der Waals surface area contributed by atoms with E-state index in [1.54, 1.807) is 6.07 Å². The van der Waals surface area contributed by atoms with Crippen molar-refractivity contribution in [2.75, 3.05) is 26.3 Å². The number of hydrogen-bond donors (Lipinski definition) is 1. The molecule has 0 aliphatic carbocycles. The summed E-state index contributed by atoms with van der Waals surface area (Å²) in [5.74, 6) is 0.739. The first-order valence-corrected chi connectivity index (χ1v) is 9.67. The Morgan fingerprint density at radius 3 is 2.79 bits per heavy atom. The molecular formula is C16H22N2O5S. The molecule has 0 aromatic heterocycles. The smallest absolute Gasteiger partial charge is 0.243 e. The van der Waals surface area contributed by atoms with Crippen molar-refractivity contribution < 1.29 is 22.7 Å². The summed E-state index contributed by atoms with van der Waals surface area (Å²) < 4.78 is 38.1. The molecule has 2 aliphatic heterocycles. The number of carbonyl (C=O) groups excluding carboxylic acids is 1. The first-order chi connectivity index (χ1) is 11.5. The molecule has 1 aromatic rings. The second-order valence-electron chi connectivity index (χ2n) is 5.87. The van der Waals surface area contributed by atoms with Crippen molar-refractivity contribution in [2.24, 2.45) is 0 Å². The number of hydrogen-bond acceptors (Lipinski definition) is 5. The molecule has 24 heavy (non-hydrogen) atoms. The van der Waals surface area contributed by atoms with Crippen molar-refractivity contribution >= 4 is 15.9 Å². The van der Waals surface area contributed by atoms with E-state index in [4.69, 9.17) is 9.47 Å². The Morgan fingerprint density at radius 1 is 1.29 bits per heavy atom. The highest BCUT2D eigenvalue weighted by Crippen LogP contribution is 2.34. The average Bonchev–Trinajstić information content (AvgIpc) is 3.10. The van der Waals surface area contributed by atoms with Gasteiger partial charge in [-0.2, -0.15) is 4.31 Å². The summed E-state index contributed by atoms with van der Waals surface area (Å²) in [5.41, 5.74) is 0. The van der Waals surface area contributed by atoms with E-state index >= 15 is 0 Å². The van der Waals surface area contributed by atoms with E-state index in [0.29, 0.717) is 50.6 Å². The van der Waals surface area contributed by atoms with Crippen molar-refractivity contribution in [1.29, 1.82) is 0 Å². The fourth-order valence-corrected chi connectivity index (χ4v) is 4.65. The van der Waals surface area contributed by atoms with E-state index in [2.05, 4.69) is 5.32 Å². The standard InChI is InChI=1S/C16H22N2O5S/c1-2-7-17-16(19)13-4-3-8-18(13)24(20,21)12-5-6-14-15(11-12)23-10-9-22-14/h5-6,11,13H,2-4,7-10H2,1H3,(H,17,19)/t13-/m1/s1. The van der Waals surface area contributed by atoms with Crippen molar-refractivity contribution in [2.45, 2.75) is 37.1 Å². The highest BCUT2D eigenvalue weighted by atomic mass is 32.2. The zero-order valence-electron chi connectivity index (χ0n) is 13.7. The van der Waals surface area contributed by atoms with Gasteiger partial charge >= 0.3 is 0 Å². The minimum atomic E-state index is -3.75. The van der Waals surface area contributed by atoms with Crippen LogP contribution < -0.4 is 14.8 Å². The predicted octanol–water partition coefficient (Wildman–Crippen LogP) is 1.14. The van der Waals surface area contributed by atoms with Gasteiger partial charge in [0.25, 0.3) is 0 Å². The Bertz CT molecular complexity index is 719. The van der Waals surface area contributed by atoms with Gasteiger partial charge < -0.3 is 14.8 Å². The maximum atomic E-state index is 13.0. The van der Waals surface area contributed by atoms with Crippen LogP contribution in [0.2, 0.25) is 0 Å². The minimum absolute atomic E-state index is 0.127. The number of ether oxygens (including phenoxy) is 2. The van der Waals surface area contributed by atoms with Gasteiger partial charge in [0.2, 0.25) is 15.9 Å². The molecule has 0 saturated carbocycles. The van der Waals surface area contributed by atoms with E-state index in [1.807, 2.05) is 6.92 Å².